The second kappa shape index (κ2) is 5.07. The maximum Gasteiger partial charge on any atom is 0.281 e. The Bertz CT molecular complexity index is 822. The third-order valence-electron chi connectivity index (χ3n) is 2.55. The fourth-order valence-corrected chi connectivity index (χ4v) is 2.95. The van der Waals surface area contributed by atoms with Gasteiger partial charge >= 0.3 is 0 Å². The molecule has 0 saturated carbocycles. The molecule has 2 heterocycles. The second-order valence-corrected chi connectivity index (χ2v) is 6.29. The number of hydrogen-bond donors (Lipinski definition) is 0. The Morgan fingerprint density at radius 3 is 2.89 bits per heavy atom. The molecule has 0 saturated heterocycles. The second-order valence-electron chi connectivity index (χ2n) is 3.80. The zero-order valence-corrected chi connectivity index (χ0v) is 12.1. The quantitative estimate of drug-likeness (QED) is 0.676. The molecule has 1 aromatic carbocycles. The van der Waals surface area contributed by atoms with Crippen molar-refractivity contribution in [1.29, 1.82) is 0 Å². The molecule has 0 N–H and O–H groups in total. The molecule has 0 radical (unpaired) electrons. The third-order valence-corrected chi connectivity index (χ3v) is 4.11. The summed E-state index contributed by atoms with van der Waals surface area (Å²) in [6, 6.07) is 11.1. The van der Waals surface area contributed by atoms with Crippen molar-refractivity contribution in [3.05, 3.63) is 61.7 Å². The lowest BCUT2D eigenvalue weighted by molar-refractivity contribution is 0.817. The molecule has 2 aromatic heterocycles. The van der Waals surface area contributed by atoms with E-state index in [1.165, 1.54) is 11.0 Å². The highest BCUT2D eigenvalue weighted by Crippen LogP contribution is 2.20. The first-order valence-corrected chi connectivity index (χ1v) is 7.11. The number of rotatable bonds is 2. The molecular weight excluding hydrogens is 326 g/mol. The molecule has 0 amide bonds. The molecule has 3 rings (SSSR count). The van der Waals surface area contributed by atoms with E-state index in [0.717, 1.165) is 8.66 Å². The molecule has 4 nitrogen and oxygen atoms in total. The summed E-state index contributed by atoms with van der Waals surface area (Å²) in [5, 5.41) is 4.71. The highest BCUT2D eigenvalue weighted by molar-refractivity contribution is 9.11. The molecule has 19 heavy (non-hydrogen) atoms. The predicted molar refractivity (Wildman–Crippen MR) is 81.0 cm³/mol. The Kier molecular flexibility index (Phi) is 3.27. The molecule has 0 unspecified atom stereocenters. The van der Waals surface area contributed by atoms with Crippen LogP contribution in [0.1, 0.15) is 4.88 Å². The number of benzene rings is 1. The summed E-state index contributed by atoms with van der Waals surface area (Å²) in [5.41, 5.74) is 0.510. The first-order chi connectivity index (χ1) is 9.24. The van der Waals surface area contributed by atoms with Gasteiger partial charge in [0.05, 0.1) is 20.9 Å². The van der Waals surface area contributed by atoms with Crippen molar-refractivity contribution in [1.82, 2.24) is 9.66 Å². The average molecular weight is 334 g/mol. The largest absolute Gasteiger partial charge is 0.281 e. The van der Waals surface area contributed by atoms with Gasteiger partial charge in [0.25, 0.3) is 5.56 Å². The summed E-state index contributed by atoms with van der Waals surface area (Å²) in [5.74, 6) is 0. The van der Waals surface area contributed by atoms with Gasteiger partial charge in [0, 0.05) is 4.88 Å². The van der Waals surface area contributed by atoms with Crippen LogP contribution in [-0.2, 0) is 0 Å². The lowest BCUT2D eigenvalue weighted by Gasteiger charge is -1.99. The van der Waals surface area contributed by atoms with Crippen LogP contribution in [0.3, 0.4) is 0 Å². The van der Waals surface area contributed by atoms with Gasteiger partial charge in [-0.2, -0.15) is 9.78 Å². The Morgan fingerprint density at radius 1 is 1.26 bits per heavy atom. The average Bonchev–Trinajstić information content (AvgIpc) is 2.84. The molecule has 0 atom stereocenters. The molecule has 0 aliphatic carbocycles. The van der Waals surface area contributed by atoms with Crippen molar-refractivity contribution in [2.24, 2.45) is 5.10 Å². The van der Waals surface area contributed by atoms with Crippen molar-refractivity contribution in [3.8, 4) is 0 Å². The van der Waals surface area contributed by atoms with Crippen LogP contribution in [0.5, 0.6) is 0 Å². The summed E-state index contributed by atoms with van der Waals surface area (Å²) in [4.78, 5) is 17.3. The minimum Gasteiger partial charge on any atom is -0.267 e. The minimum atomic E-state index is -0.169. The molecule has 0 aliphatic heterocycles. The monoisotopic (exact) mass is 333 g/mol. The van der Waals surface area contributed by atoms with Crippen molar-refractivity contribution < 1.29 is 0 Å². The minimum absolute atomic E-state index is 0.169. The van der Waals surface area contributed by atoms with Gasteiger partial charge in [-0.3, -0.25) is 4.79 Å². The van der Waals surface area contributed by atoms with Crippen molar-refractivity contribution in [3.63, 3.8) is 0 Å². The number of fused-ring (bicyclic) bond motifs is 1. The van der Waals surface area contributed by atoms with Gasteiger partial charge in [-0.1, -0.05) is 12.1 Å². The maximum atomic E-state index is 12.2. The van der Waals surface area contributed by atoms with Gasteiger partial charge in [0.2, 0.25) is 0 Å². The van der Waals surface area contributed by atoms with E-state index in [4.69, 9.17) is 0 Å². The summed E-state index contributed by atoms with van der Waals surface area (Å²) in [6.45, 7) is 0. The normalized spacial score (nSPS) is 11.4. The van der Waals surface area contributed by atoms with E-state index in [1.54, 1.807) is 29.7 Å². The van der Waals surface area contributed by atoms with Crippen molar-refractivity contribution >= 4 is 44.4 Å². The van der Waals surface area contributed by atoms with Gasteiger partial charge in [0.1, 0.15) is 6.33 Å². The van der Waals surface area contributed by atoms with Crippen LogP contribution in [0.2, 0.25) is 0 Å². The Balaban J connectivity index is 2.04. The lowest BCUT2D eigenvalue weighted by Crippen LogP contribution is -2.16. The zero-order valence-electron chi connectivity index (χ0n) is 9.65. The van der Waals surface area contributed by atoms with Gasteiger partial charge in [-0.15, -0.1) is 11.3 Å². The Morgan fingerprint density at radius 2 is 2.11 bits per heavy atom. The summed E-state index contributed by atoms with van der Waals surface area (Å²) in [7, 11) is 0. The van der Waals surface area contributed by atoms with Crippen LogP contribution in [0.25, 0.3) is 10.9 Å². The van der Waals surface area contributed by atoms with Crippen LogP contribution >= 0.6 is 27.3 Å². The number of nitrogens with zero attached hydrogens (tertiary/aromatic N) is 3. The van der Waals surface area contributed by atoms with Crippen LogP contribution in [0, 0.1) is 0 Å². The SMILES string of the molecule is O=c1c2ccccc2ncn1/N=C/c1ccc(Br)s1. The highest BCUT2D eigenvalue weighted by atomic mass is 79.9. The van der Waals surface area contributed by atoms with Crippen LogP contribution in [0.4, 0.5) is 0 Å². The summed E-state index contributed by atoms with van der Waals surface area (Å²) >= 11 is 4.93. The number of hydrogen-bond acceptors (Lipinski definition) is 4. The topological polar surface area (TPSA) is 47.2 Å². The van der Waals surface area contributed by atoms with Gasteiger partial charge in [-0.05, 0) is 40.2 Å². The number of para-hydroxylation sites is 1. The van der Waals surface area contributed by atoms with E-state index in [0.29, 0.717) is 10.9 Å². The molecule has 0 spiro atoms. The van der Waals surface area contributed by atoms with Crippen LogP contribution in [-0.4, -0.2) is 15.9 Å². The molecule has 94 valence electrons. The molecule has 3 aromatic rings. The maximum absolute atomic E-state index is 12.2. The van der Waals surface area contributed by atoms with Crippen LogP contribution in [0.15, 0.2) is 56.4 Å². The zero-order chi connectivity index (χ0) is 13.2. The first kappa shape index (κ1) is 12.3. The van der Waals surface area contributed by atoms with E-state index < -0.39 is 0 Å². The summed E-state index contributed by atoms with van der Waals surface area (Å²) in [6.07, 6.45) is 3.08. The molecule has 0 fully saturated rings. The lowest BCUT2D eigenvalue weighted by atomic mass is 10.2. The van der Waals surface area contributed by atoms with Crippen molar-refractivity contribution in [2.75, 3.05) is 0 Å². The molecular formula is C13H8BrN3OS. The van der Waals surface area contributed by atoms with Gasteiger partial charge in [0.15, 0.2) is 0 Å². The van der Waals surface area contributed by atoms with Crippen molar-refractivity contribution in [2.45, 2.75) is 0 Å². The van der Waals surface area contributed by atoms with Gasteiger partial charge < -0.3 is 0 Å². The fraction of sp³-hybridized carbons (Fsp3) is 0. The Hall–Kier alpha value is -1.79. The standard InChI is InChI=1S/C13H8BrN3OS/c14-12-6-5-9(19-12)7-16-17-8-15-11-4-2-1-3-10(11)13(17)18/h1-8H/b16-7+. The molecule has 0 bridgehead atoms. The molecule has 0 aliphatic rings. The van der Waals surface area contributed by atoms with E-state index >= 15 is 0 Å². The smallest absolute Gasteiger partial charge is 0.267 e. The van der Waals surface area contributed by atoms with E-state index in [2.05, 4.69) is 26.0 Å². The predicted octanol–water partition coefficient (Wildman–Crippen LogP) is 3.10. The third kappa shape index (κ3) is 2.50. The summed E-state index contributed by atoms with van der Waals surface area (Å²) < 4.78 is 2.27. The van der Waals surface area contributed by atoms with Gasteiger partial charge in [-0.25, -0.2) is 4.98 Å². The molecule has 6 heteroatoms. The number of thiophene rings is 1. The fourth-order valence-electron chi connectivity index (χ4n) is 1.66. The highest BCUT2D eigenvalue weighted by Gasteiger charge is 2.01. The van der Waals surface area contributed by atoms with E-state index in [9.17, 15) is 4.79 Å². The Labute approximate surface area is 121 Å². The van der Waals surface area contributed by atoms with E-state index in [1.807, 2.05) is 24.3 Å². The van der Waals surface area contributed by atoms with Crippen LogP contribution < -0.4 is 5.56 Å². The van der Waals surface area contributed by atoms with E-state index in [-0.39, 0.29) is 5.56 Å². The number of aromatic nitrogens is 2. The first-order valence-electron chi connectivity index (χ1n) is 5.50. The number of halogens is 1.